The number of amides is 2. The number of rotatable bonds is 5. The quantitative estimate of drug-likeness (QED) is 0.768. The zero-order valence-corrected chi connectivity index (χ0v) is 13.1. The van der Waals surface area contributed by atoms with Crippen LogP contribution in [0, 0.1) is 5.41 Å². The molecule has 2 saturated heterocycles. The van der Waals surface area contributed by atoms with E-state index in [1.54, 1.807) is 7.11 Å². The number of morpholine rings is 1. The Morgan fingerprint density at radius 1 is 1.29 bits per heavy atom. The van der Waals surface area contributed by atoms with Crippen LogP contribution in [0.5, 0.6) is 0 Å². The summed E-state index contributed by atoms with van der Waals surface area (Å²) in [5, 5.41) is 9.84. The van der Waals surface area contributed by atoms with Gasteiger partial charge in [-0.25, -0.2) is 4.79 Å². The van der Waals surface area contributed by atoms with Gasteiger partial charge in [-0.1, -0.05) is 0 Å². The van der Waals surface area contributed by atoms with Crippen molar-refractivity contribution in [2.24, 2.45) is 5.41 Å². The molecule has 0 aliphatic carbocycles. The van der Waals surface area contributed by atoms with Crippen molar-refractivity contribution in [1.82, 2.24) is 9.80 Å². The standard InChI is InChI=1S/C15H28N2O4/c1-20-9-3-5-15(13-18)4-2-6-17(12-15)14(19)16-7-10-21-11-8-16/h18H,2-13H2,1H3/t15-/m1/s1. The average molecular weight is 300 g/mol. The third-order valence-corrected chi connectivity index (χ3v) is 4.60. The Bertz CT molecular complexity index is 334. The molecule has 21 heavy (non-hydrogen) atoms. The van der Waals surface area contributed by atoms with Gasteiger partial charge in [0.2, 0.25) is 0 Å². The molecule has 2 rings (SSSR count). The predicted octanol–water partition coefficient (Wildman–Crippen LogP) is 0.940. The minimum absolute atomic E-state index is 0.0996. The van der Waals surface area contributed by atoms with Crippen LogP contribution in [-0.4, -0.2) is 80.7 Å². The summed E-state index contributed by atoms with van der Waals surface area (Å²) in [6, 6.07) is 0.0996. The summed E-state index contributed by atoms with van der Waals surface area (Å²) < 4.78 is 10.4. The topological polar surface area (TPSA) is 62.2 Å². The first-order valence-electron chi connectivity index (χ1n) is 7.92. The Hall–Kier alpha value is -0.850. The number of hydrogen-bond acceptors (Lipinski definition) is 4. The van der Waals surface area contributed by atoms with E-state index in [-0.39, 0.29) is 18.1 Å². The highest BCUT2D eigenvalue weighted by atomic mass is 16.5. The minimum Gasteiger partial charge on any atom is -0.396 e. The molecule has 0 radical (unpaired) electrons. The van der Waals surface area contributed by atoms with Crippen molar-refractivity contribution >= 4 is 6.03 Å². The Balaban J connectivity index is 1.92. The summed E-state index contributed by atoms with van der Waals surface area (Å²) in [6.45, 7) is 4.89. The largest absolute Gasteiger partial charge is 0.396 e. The summed E-state index contributed by atoms with van der Waals surface area (Å²) in [5.74, 6) is 0. The second-order valence-electron chi connectivity index (χ2n) is 6.16. The van der Waals surface area contributed by atoms with Gasteiger partial charge in [-0.05, 0) is 25.7 Å². The molecule has 0 saturated carbocycles. The summed E-state index contributed by atoms with van der Waals surface area (Å²) >= 11 is 0. The number of aliphatic hydroxyl groups is 1. The molecule has 2 amide bonds. The van der Waals surface area contributed by atoms with Crippen molar-refractivity contribution in [2.75, 3.05) is 59.7 Å². The Kier molecular flexibility index (Phi) is 6.26. The van der Waals surface area contributed by atoms with Crippen LogP contribution >= 0.6 is 0 Å². The minimum atomic E-state index is -0.154. The van der Waals surface area contributed by atoms with Crippen LogP contribution in [0.25, 0.3) is 0 Å². The number of methoxy groups -OCH3 is 1. The molecule has 6 nitrogen and oxygen atoms in total. The normalized spacial score (nSPS) is 27.0. The lowest BCUT2D eigenvalue weighted by Gasteiger charge is -2.44. The molecule has 0 aromatic rings. The molecular weight excluding hydrogens is 272 g/mol. The Morgan fingerprint density at radius 2 is 2.05 bits per heavy atom. The van der Waals surface area contributed by atoms with Gasteiger partial charge in [0, 0.05) is 45.3 Å². The van der Waals surface area contributed by atoms with Gasteiger partial charge in [0.15, 0.2) is 0 Å². The first-order chi connectivity index (χ1) is 10.2. The van der Waals surface area contributed by atoms with Crippen molar-refractivity contribution < 1.29 is 19.4 Å². The number of urea groups is 1. The Morgan fingerprint density at radius 3 is 2.71 bits per heavy atom. The molecule has 0 bridgehead atoms. The van der Waals surface area contributed by atoms with E-state index in [2.05, 4.69) is 0 Å². The highest BCUT2D eigenvalue weighted by Gasteiger charge is 2.37. The van der Waals surface area contributed by atoms with E-state index in [0.717, 1.165) is 32.2 Å². The molecule has 0 spiro atoms. The first-order valence-corrected chi connectivity index (χ1v) is 7.92. The molecule has 6 heteroatoms. The van der Waals surface area contributed by atoms with E-state index >= 15 is 0 Å². The van der Waals surface area contributed by atoms with Crippen molar-refractivity contribution in [3.05, 3.63) is 0 Å². The molecule has 0 aromatic heterocycles. The SMILES string of the molecule is COCCC[C@]1(CO)CCCN(C(=O)N2CCOCC2)C1. The zero-order valence-electron chi connectivity index (χ0n) is 13.1. The van der Waals surface area contributed by atoms with Gasteiger partial charge in [-0.15, -0.1) is 0 Å². The molecule has 0 aromatic carbocycles. The maximum atomic E-state index is 12.6. The fraction of sp³-hybridized carbons (Fsp3) is 0.933. The molecule has 0 unspecified atom stereocenters. The van der Waals surface area contributed by atoms with Crippen molar-refractivity contribution in [3.8, 4) is 0 Å². The highest BCUT2D eigenvalue weighted by Crippen LogP contribution is 2.34. The van der Waals surface area contributed by atoms with Crippen LogP contribution in [0.3, 0.4) is 0 Å². The summed E-state index contributed by atoms with van der Waals surface area (Å²) in [4.78, 5) is 16.4. The highest BCUT2D eigenvalue weighted by molar-refractivity contribution is 5.74. The molecule has 2 aliphatic heterocycles. The van der Waals surface area contributed by atoms with Crippen LogP contribution < -0.4 is 0 Å². The van der Waals surface area contributed by atoms with Crippen LogP contribution in [0.2, 0.25) is 0 Å². The van der Waals surface area contributed by atoms with Gasteiger partial charge in [0.1, 0.15) is 0 Å². The fourth-order valence-corrected chi connectivity index (χ4v) is 3.33. The van der Waals surface area contributed by atoms with Crippen molar-refractivity contribution in [3.63, 3.8) is 0 Å². The predicted molar refractivity (Wildman–Crippen MR) is 79.2 cm³/mol. The lowest BCUT2D eigenvalue weighted by atomic mass is 9.77. The molecule has 2 fully saturated rings. The van der Waals surface area contributed by atoms with Crippen LogP contribution in [0.1, 0.15) is 25.7 Å². The van der Waals surface area contributed by atoms with E-state index in [1.807, 2.05) is 9.80 Å². The molecule has 1 atom stereocenters. The van der Waals surface area contributed by atoms with Gasteiger partial charge < -0.3 is 24.4 Å². The fourth-order valence-electron chi connectivity index (χ4n) is 3.33. The van der Waals surface area contributed by atoms with Gasteiger partial charge in [-0.3, -0.25) is 0 Å². The van der Waals surface area contributed by atoms with E-state index in [9.17, 15) is 9.90 Å². The van der Waals surface area contributed by atoms with Crippen LogP contribution in [-0.2, 0) is 9.47 Å². The van der Waals surface area contributed by atoms with Crippen molar-refractivity contribution in [1.29, 1.82) is 0 Å². The molecule has 122 valence electrons. The average Bonchev–Trinajstić information content (AvgIpc) is 2.55. The number of piperidine rings is 1. The van der Waals surface area contributed by atoms with Gasteiger partial charge in [0.05, 0.1) is 19.8 Å². The van der Waals surface area contributed by atoms with E-state index in [0.29, 0.717) is 39.5 Å². The number of carbonyl (C=O) groups is 1. The third kappa shape index (κ3) is 4.31. The van der Waals surface area contributed by atoms with E-state index in [1.165, 1.54) is 0 Å². The lowest BCUT2D eigenvalue weighted by molar-refractivity contribution is 0.0101. The lowest BCUT2D eigenvalue weighted by Crippen LogP contribution is -2.54. The smallest absolute Gasteiger partial charge is 0.320 e. The number of nitrogens with zero attached hydrogens (tertiary/aromatic N) is 2. The monoisotopic (exact) mass is 300 g/mol. The van der Waals surface area contributed by atoms with Gasteiger partial charge in [0.25, 0.3) is 0 Å². The molecular formula is C15H28N2O4. The number of ether oxygens (including phenoxy) is 2. The van der Waals surface area contributed by atoms with E-state index in [4.69, 9.17) is 9.47 Å². The summed E-state index contributed by atoms with van der Waals surface area (Å²) in [7, 11) is 1.70. The summed E-state index contributed by atoms with van der Waals surface area (Å²) in [5.41, 5.74) is -0.154. The second kappa shape index (κ2) is 7.96. The van der Waals surface area contributed by atoms with Crippen LogP contribution in [0.15, 0.2) is 0 Å². The number of aliphatic hydroxyl groups excluding tert-OH is 1. The third-order valence-electron chi connectivity index (χ3n) is 4.60. The molecule has 2 heterocycles. The van der Waals surface area contributed by atoms with Gasteiger partial charge in [-0.2, -0.15) is 0 Å². The van der Waals surface area contributed by atoms with Crippen molar-refractivity contribution in [2.45, 2.75) is 25.7 Å². The maximum absolute atomic E-state index is 12.6. The second-order valence-corrected chi connectivity index (χ2v) is 6.16. The van der Waals surface area contributed by atoms with Crippen LogP contribution in [0.4, 0.5) is 4.79 Å². The number of likely N-dealkylation sites (tertiary alicyclic amines) is 1. The van der Waals surface area contributed by atoms with Gasteiger partial charge >= 0.3 is 6.03 Å². The number of hydrogen-bond donors (Lipinski definition) is 1. The molecule has 1 N–H and O–H groups in total. The Labute approximate surface area is 127 Å². The molecule has 2 aliphatic rings. The zero-order chi connectivity index (χ0) is 15.1. The number of carbonyl (C=O) groups excluding carboxylic acids is 1. The summed E-state index contributed by atoms with van der Waals surface area (Å²) in [6.07, 6.45) is 3.78. The first kappa shape index (κ1) is 16.5. The maximum Gasteiger partial charge on any atom is 0.320 e. The van der Waals surface area contributed by atoms with E-state index < -0.39 is 0 Å².